The molecule has 0 heterocycles. The van der Waals surface area contributed by atoms with Gasteiger partial charge in [-0.05, 0) is 36.2 Å². The first-order valence-corrected chi connectivity index (χ1v) is 6.48. The van der Waals surface area contributed by atoms with Crippen LogP contribution >= 0.6 is 11.6 Å². The van der Waals surface area contributed by atoms with Crippen LogP contribution < -0.4 is 0 Å². The monoisotopic (exact) mass is 307 g/mol. The van der Waals surface area contributed by atoms with Crippen LogP contribution in [0.2, 0.25) is 5.02 Å². The van der Waals surface area contributed by atoms with Crippen LogP contribution in [0.1, 0.15) is 21.5 Å². The van der Waals surface area contributed by atoms with Crippen LogP contribution in [0.4, 0.5) is 10.1 Å². The summed E-state index contributed by atoms with van der Waals surface area (Å²) in [4.78, 5) is 22.1. The van der Waals surface area contributed by atoms with Crippen LogP contribution in [0.25, 0.3) is 0 Å². The highest BCUT2D eigenvalue weighted by atomic mass is 35.5. The summed E-state index contributed by atoms with van der Waals surface area (Å²) in [5.74, 6) is -0.855. The maximum Gasteiger partial charge on any atom is 0.269 e. The molecule has 0 saturated carbocycles. The van der Waals surface area contributed by atoms with Crippen LogP contribution in [-0.4, -0.2) is 10.7 Å². The number of non-ortho nitro benzene ring substituents is 1. The van der Waals surface area contributed by atoms with Crippen LogP contribution in [-0.2, 0) is 6.42 Å². The predicted molar refractivity (Wildman–Crippen MR) is 77.3 cm³/mol. The van der Waals surface area contributed by atoms with E-state index in [1.807, 2.05) is 0 Å². The highest BCUT2D eigenvalue weighted by Crippen LogP contribution is 2.21. The van der Waals surface area contributed by atoms with Crippen molar-refractivity contribution in [3.05, 3.63) is 74.0 Å². The van der Waals surface area contributed by atoms with E-state index in [-0.39, 0.29) is 23.5 Å². The van der Waals surface area contributed by atoms with Gasteiger partial charge in [0.1, 0.15) is 5.82 Å². The van der Waals surface area contributed by atoms with E-state index < -0.39 is 10.7 Å². The van der Waals surface area contributed by atoms with Crippen molar-refractivity contribution in [2.75, 3.05) is 0 Å². The minimum absolute atomic E-state index is 0.0972. The summed E-state index contributed by atoms with van der Waals surface area (Å²) in [6, 6.07) is 7.92. The van der Waals surface area contributed by atoms with Gasteiger partial charge < -0.3 is 0 Å². The first-order valence-electron chi connectivity index (χ1n) is 6.10. The van der Waals surface area contributed by atoms with Crippen molar-refractivity contribution in [3.8, 4) is 0 Å². The van der Waals surface area contributed by atoms with E-state index in [4.69, 9.17) is 11.6 Å². The van der Waals surface area contributed by atoms with Gasteiger partial charge in [-0.2, -0.15) is 0 Å². The second-order valence-electron chi connectivity index (χ2n) is 4.60. The number of nitro groups is 1. The maximum absolute atomic E-state index is 13.8. The minimum atomic E-state index is -0.545. The zero-order valence-corrected chi connectivity index (χ0v) is 11.9. The molecule has 2 rings (SSSR count). The third-order valence-corrected chi connectivity index (χ3v) is 3.49. The van der Waals surface area contributed by atoms with E-state index in [0.29, 0.717) is 16.1 Å². The fraction of sp³-hybridized carbons (Fsp3) is 0.133. The molecule has 2 aromatic rings. The average molecular weight is 308 g/mol. The van der Waals surface area contributed by atoms with E-state index in [9.17, 15) is 19.3 Å². The van der Waals surface area contributed by atoms with Crippen molar-refractivity contribution in [1.82, 2.24) is 0 Å². The van der Waals surface area contributed by atoms with Crippen molar-refractivity contribution < 1.29 is 14.1 Å². The normalized spacial score (nSPS) is 10.4. The van der Waals surface area contributed by atoms with Crippen LogP contribution in [0.3, 0.4) is 0 Å². The number of nitro benzene ring substituents is 1. The van der Waals surface area contributed by atoms with Gasteiger partial charge in [-0.15, -0.1) is 0 Å². The summed E-state index contributed by atoms with van der Waals surface area (Å²) in [5.41, 5.74) is 1.14. The zero-order chi connectivity index (χ0) is 15.6. The van der Waals surface area contributed by atoms with E-state index in [1.54, 1.807) is 6.92 Å². The Morgan fingerprint density at radius 1 is 1.29 bits per heavy atom. The lowest BCUT2D eigenvalue weighted by molar-refractivity contribution is -0.384. The molecule has 6 heteroatoms. The number of aryl methyl sites for hydroxylation is 1. The van der Waals surface area contributed by atoms with Crippen molar-refractivity contribution in [1.29, 1.82) is 0 Å². The fourth-order valence-electron chi connectivity index (χ4n) is 1.90. The van der Waals surface area contributed by atoms with E-state index >= 15 is 0 Å². The van der Waals surface area contributed by atoms with Crippen molar-refractivity contribution in [2.45, 2.75) is 13.3 Å². The van der Waals surface area contributed by atoms with Gasteiger partial charge in [0.05, 0.1) is 4.92 Å². The maximum atomic E-state index is 13.8. The van der Waals surface area contributed by atoms with Crippen molar-refractivity contribution >= 4 is 23.1 Å². The Balaban J connectivity index is 2.22. The molecule has 2 aromatic carbocycles. The lowest BCUT2D eigenvalue weighted by Crippen LogP contribution is -2.06. The van der Waals surface area contributed by atoms with E-state index in [0.717, 1.165) is 0 Å². The lowest BCUT2D eigenvalue weighted by Gasteiger charge is -2.06. The molecule has 4 nitrogen and oxygen atoms in total. The summed E-state index contributed by atoms with van der Waals surface area (Å²) in [7, 11) is 0. The predicted octanol–water partition coefficient (Wildman–Crippen LogP) is 4.12. The molecule has 0 radical (unpaired) electrons. The van der Waals surface area contributed by atoms with Gasteiger partial charge >= 0.3 is 0 Å². The van der Waals surface area contributed by atoms with Crippen molar-refractivity contribution in [2.24, 2.45) is 0 Å². The molecule has 0 unspecified atom stereocenters. The molecule has 0 aliphatic rings. The van der Waals surface area contributed by atoms with Gasteiger partial charge in [-0.1, -0.05) is 17.7 Å². The molecule has 0 amide bonds. The molecule has 0 spiro atoms. The molecule has 108 valence electrons. The molecule has 0 atom stereocenters. The Kier molecular flexibility index (Phi) is 4.33. The number of ketones is 1. The zero-order valence-electron chi connectivity index (χ0n) is 11.1. The Morgan fingerprint density at radius 3 is 2.48 bits per heavy atom. The number of halogens is 2. The standard InChI is InChI=1S/C15H11ClFNO3/c1-9-6-11(14(17)8-13(9)16)7-15(19)10-2-4-12(5-3-10)18(20)21/h2-6,8H,7H2,1H3. The summed E-state index contributed by atoms with van der Waals surface area (Å²) in [6.07, 6.45) is -0.123. The van der Waals surface area contributed by atoms with E-state index in [2.05, 4.69) is 0 Å². The quantitative estimate of drug-likeness (QED) is 0.485. The molecule has 21 heavy (non-hydrogen) atoms. The third-order valence-electron chi connectivity index (χ3n) is 3.08. The number of rotatable bonds is 4. The van der Waals surface area contributed by atoms with E-state index in [1.165, 1.54) is 36.4 Å². The first kappa shape index (κ1) is 15.1. The van der Waals surface area contributed by atoms with Gasteiger partial charge in [0.25, 0.3) is 5.69 Å². The van der Waals surface area contributed by atoms with Gasteiger partial charge in [0.2, 0.25) is 0 Å². The third kappa shape index (κ3) is 3.44. The lowest BCUT2D eigenvalue weighted by atomic mass is 10.0. The topological polar surface area (TPSA) is 60.2 Å². The van der Waals surface area contributed by atoms with Crippen LogP contribution in [0.15, 0.2) is 36.4 Å². The number of benzene rings is 2. The summed E-state index contributed by atoms with van der Waals surface area (Å²) in [6.45, 7) is 1.72. The molecular formula is C15H11ClFNO3. The number of carbonyl (C=O) groups excluding carboxylic acids is 1. The SMILES string of the molecule is Cc1cc(CC(=O)c2ccc([N+](=O)[O-])cc2)c(F)cc1Cl. The molecule has 0 bridgehead atoms. The highest BCUT2D eigenvalue weighted by molar-refractivity contribution is 6.31. The molecule has 0 aliphatic carbocycles. The number of hydrogen-bond acceptors (Lipinski definition) is 3. The minimum Gasteiger partial charge on any atom is -0.294 e. The van der Waals surface area contributed by atoms with Crippen LogP contribution in [0.5, 0.6) is 0 Å². The molecule has 0 N–H and O–H groups in total. The summed E-state index contributed by atoms with van der Waals surface area (Å²) < 4.78 is 13.8. The summed E-state index contributed by atoms with van der Waals surface area (Å²) in [5, 5.41) is 10.9. The Morgan fingerprint density at radius 2 is 1.90 bits per heavy atom. The summed E-state index contributed by atoms with van der Waals surface area (Å²) >= 11 is 5.80. The van der Waals surface area contributed by atoms with Gasteiger partial charge in [0, 0.05) is 29.1 Å². The molecule has 0 fully saturated rings. The number of hydrogen-bond donors (Lipinski definition) is 0. The number of nitrogens with zero attached hydrogens (tertiary/aromatic N) is 1. The smallest absolute Gasteiger partial charge is 0.269 e. The fourth-order valence-corrected chi connectivity index (χ4v) is 2.05. The highest BCUT2D eigenvalue weighted by Gasteiger charge is 2.13. The average Bonchev–Trinajstić information content (AvgIpc) is 2.44. The molecule has 0 aliphatic heterocycles. The number of Topliss-reactive ketones (excluding diaryl/α,β-unsaturated/α-hetero) is 1. The van der Waals surface area contributed by atoms with Crippen LogP contribution in [0, 0.1) is 22.9 Å². The largest absolute Gasteiger partial charge is 0.294 e. The first-order chi connectivity index (χ1) is 9.88. The second kappa shape index (κ2) is 6.01. The van der Waals surface area contributed by atoms with Gasteiger partial charge in [-0.25, -0.2) is 4.39 Å². The Hall–Kier alpha value is -2.27. The Labute approximate surface area is 125 Å². The second-order valence-corrected chi connectivity index (χ2v) is 5.00. The van der Waals surface area contributed by atoms with Crippen molar-refractivity contribution in [3.63, 3.8) is 0 Å². The Bertz CT molecular complexity index is 714. The molecular weight excluding hydrogens is 297 g/mol. The molecule has 0 saturated heterocycles. The van der Waals surface area contributed by atoms with Gasteiger partial charge in [-0.3, -0.25) is 14.9 Å². The number of carbonyl (C=O) groups is 1. The molecule has 0 aromatic heterocycles. The van der Waals surface area contributed by atoms with Gasteiger partial charge in [0.15, 0.2) is 5.78 Å².